The molecule has 0 unspecified atom stereocenters. The van der Waals surface area contributed by atoms with Crippen LogP contribution in [0.1, 0.15) is 74.5 Å². The molecular formula is C40H42F4N6O7S2. The van der Waals surface area contributed by atoms with Crippen LogP contribution < -0.4 is 15.4 Å². The molecule has 3 aromatic rings. The van der Waals surface area contributed by atoms with Gasteiger partial charge in [0, 0.05) is 35.4 Å². The van der Waals surface area contributed by atoms with E-state index in [1.807, 2.05) is 12.2 Å². The van der Waals surface area contributed by atoms with E-state index in [1.54, 1.807) is 17.5 Å². The van der Waals surface area contributed by atoms with Gasteiger partial charge < -0.3 is 20.3 Å². The number of alkyl halides is 3. The Bertz CT molecular complexity index is 2280. The maximum Gasteiger partial charge on any atom is 0.416 e. The van der Waals surface area contributed by atoms with E-state index >= 15 is 0 Å². The SMILES string of the molecule is O=C1N[C@]2(C(=O)NS(=O)(=O)C3CC3)C[C@H]2C=CCCCCC[C@H](Nc2nc(-c3ccc(C(F)(F)F)cc3)cs2)C(=O)N2C[C@H](OC(=O)N3Cc4cccc(F)c4C3)C[C@@H]12. The molecule has 3 aliphatic heterocycles. The predicted octanol–water partition coefficient (Wildman–Crippen LogP) is 5.87. The number of ether oxygens (including phenoxy) is 1. The molecule has 1 saturated heterocycles. The number of benzene rings is 2. The Kier molecular flexibility index (Phi) is 10.9. The summed E-state index contributed by atoms with van der Waals surface area (Å²) in [6.07, 6.45) is 1.36. The lowest BCUT2D eigenvalue weighted by molar-refractivity contribution is -0.140. The van der Waals surface area contributed by atoms with E-state index < -0.39 is 86.3 Å². The quantitative estimate of drug-likeness (QED) is 0.195. The molecule has 2 aliphatic carbocycles. The average Bonchev–Trinajstić information content (AvgIpc) is 3.99. The lowest BCUT2D eigenvalue weighted by Crippen LogP contribution is -2.57. The number of amides is 4. The molecule has 5 aliphatic rings. The standard InChI is InChI=1S/C40H42F4N6O7S2/c41-30-9-6-7-24-19-49(21-29(24)30)38(54)57-27-17-33-34(51)47-39(36(53)48-59(55,56)28-15-16-28)18-26(39)8-4-2-1-3-5-10-31(35(52)50(33)20-27)45-37-46-32(22-58-37)23-11-13-25(14-12-23)40(42,43)44/h4,6-9,11-14,22,26-28,31,33H,1-3,5,10,15-21H2,(H,45,46)(H,47,51)(H,48,53)/t26-,27-,31+,33+,39-/m1/s1. The zero-order valence-electron chi connectivity index (χ0n) is 31.7. The first-order valence-electron chi connectivity index (χ1n) is 19.6. The van der Waals surface area contributed by atoms with Crippen molar-refractivity contribution in [2.24, 2.45) is 5.92 Å². The third-order valence-corrected chi connectivity index (χ3v) is 14.2. The summed E-state index contributed by atoms with van der Waals surface area (Å²) < 4.78 is 87.8. The topological polar surface area (TPSA) is 167 Å². The molecule has 13 nitrogen and oxygen atoms in total. The largest absolute Gasteiger partial charge is 0.444 e. The minimum Gasteiger partial charge on any atom is -0.444 e. The summed E-state index contributed by atoms with van der Waals surface area (Å²) in [7, 11) is -3.95. The molecule has 8 rings (SSSR count). The summed E-state index contributed by atoms with van der Waals surface area (Å²) in [6.45, 7) is -0.107. The van der Waals surface area contributed by atoms with Crippen LogP contribution in [-0.2, 0) is 48.4 Å². The number of sulfonamides is 1. The number of carbonyl (C=O) groups is 4. The van der Waals surface area contributed by atoms with E-state index in [9.17, 15) is 45.2 Å². The number of hydrogen-bond donors (Lipinski definition) is 3. The Morgan fingerprint density at radius 3 is 2.53 bits per heavy atom. The number of nitrogens with one attached hydrogen (secondary N) is 3. The number of hydrogen-bond acceptors (Lipinski definition) is 10. The van der Waals surface area contributed by atoms with Gasteiger partial charge in [0.2, 0.25) is 21.8 Å². The Hall–Kier alpha value is -5.04. The number of anilines is 1. The van der Waals surface area contributed by atoms with Crippen molar-refractivity contribution in [1.82, 2.24) is 24.8 Å². The molecule has 1 aromatic heterocycles. The van der Waals surface area contributed by atoms with Crippen LogP contribution in [0.2, 0.25) is 0 Å². The Labute approximate surface area is 341 Å². The number of fused-ring (bicyclic) bond motifs is 3. The fourth-order valence-electron chi connectivity index (χ4n) is 8.03. The maximum atomic E-state index is 14.7. The number of halogens is 4. The minimum atomic E-state index is -4.50. The molecule has 3 N–H and O–H groups in total. The molecule has 3 fully saturated rings. The summed E-state index contributed by atoms with van der Waals surface area (Å²) in [6, 6.07) is 6.96. The lowest BCUT2D eigenvalue weighted by atomic mass is 10.1. The van der Waals surface area contributed by atoms with Crippen LogP contribution in [0.4, 0.5) is 27.5 Å². The summed E-state index contributed by atoms with van der Waals surface area (Å²) in [5.41, 5.74) is -0.550. The highest BCUT2D eigenvalue weighted by Gasteiger charge is 2.62. The molecule has 2 saturated carbocycles. The maximum absolute atomic E-state index is 14.7. The van der Waals surface area contributed by atoms with Gasteiger partial charge >= 0.3 is 12.3 Å². The molecule has 5 atom stereocenters. The zero-order valence-corrected chi connectivity index (χ0v) is 33.3. The van der Waals surface area contributed by atoms with E-state index in [4.69, 9.17) is 4.74 Å². The average molecular weight is 859 g/mol. The van der Waals surface area contributed by atoms with Gasteiger partial charge in [-0.25, -0.2) is 22.6 Å². The van der Waals surface area contributed by atoms with E-state index in [0.29, 0.717) is 59.6 Å². The molecule has 314 valence electrons. The first-order valence-corrected chi connectivity index (χ1v) is 22.0. The normalized spacial score (nSPS) is 26.2. The smallest absolute Gasteiger partial charge is 0.416 e. The first-order chi connectivity index (χ1) is 28.1. The van der Waals surface area contributed by atoms with Crippen LogP contribution in [0, 0.1) is 11.7 Å². The van der Waals surface area contributed by atoms with Gasteiger partial charge in [-0.05, 0) is 62.3 Å². The number of rotatable bonds is 7. The van der Waals surface area contributed by atoms with E-state index in [0.717, 1.165) is 36.3 Å². The molecule has 19 heteroatoms. The minimum absolute atomic E-state index is 0.0231. The van der Waals surface area contributed by atoms with Gasteiger partial charge in [0.05, 0.1) is 29.6 Å². The highest BCUT2D eigenvalue weighted by atomic mass is 32.2. The van der Waals surface area contributed by atoms with Crippen molar-refractivity contribution in [3.63, 3.8) is 0 Å². The monoisotopic (exact) mass is 858 g/mol. The lowest BCUT2D eigenvalue weighted by Gasteiger charge is -2.29. The highest BCUT2D eigenvalue weighted by Crippen LogP contribution is 2.46. The van der Waals surface area contributed by atoms with Gasteiger partial charge in [-0.15, -0.1) is 11.3 Å². The van der Waals surface area contributed by atoms with Crippen molar-refractivity contribution in [1.29, 1.82) is 0 Å². The molecule has 2 aromatic carbocycles. The van der Waals surface area contributed by atoms with Crippen molar-refractivity contribution in [2.45, 2.75) is 106 Å². The van der Waals surface area contributed by atoms with E-state index in [-0.39, 0.29) is 32.5 Å². The van der Waals surface area contributed by atoms with Crippen LogP contribution >= 0.6 is 11.3 Å². The number of nitrogens with zero attached hydrogens (tertiary/aromatic N) is 3. The van der Waals surface area contributed by atoms with Gasteiger partial charge in [-0.2, -0.15) is 13.2 Å². The number of carbonyl (C=O) groups excluding carboxylic acids is 4. The van der Waals surface area contributed by atoms with Gasteiger partial charge in [-0.1, -0.05) is 49.3 Å². The number of allylic oxidation sites excluding steroid dienone is 1. The van der Waals surface area contributed by atoms with Gasteiger partial charge in [0.15, 0.2) is 5.13 Å². The van der Waals surface area contributed by atoms with Crippen LogP contribution in [0.3, 0.4) is 0 Å². The molecule has 0 spiro atoms. The second kappa shape index (κ2) is 15.9. The Morgan fingerprint density at radius 1 is 1.02 bits per heavy atom. The fraction of sp³-hybridized carbons (Fsp3) is 0.475. The van der Waals surface area contributed by atoms with Crippen LogP contribution in [0.25, 0.3) is 11.3 Å². The molecule has 59 heavy (non-hydrogen) atoms. The van der Waals surface area contributed by atoms with Crippen molar-refractivity contribution in [2.75, 3.05) is 11.9 Å². The van der Waals surface area contributed by atoms with Gasteiger partial charge in [0.1, 0.15) is 29.5 Å². The first kappa shape index (κ1) is 40.7. The van der Waals surface area contributed by atoms with E-state index in [2.05, 4.69) is 20.3 Å². The molecule has 0 bridgehead atoms. The second-order valence-corrected chi connectivity index (χ2v) is 18.6. The van der Waals surface area contributed by atoms with Crippen LogP contribution in [0.15, 0.2) is 60.0 Å². The van der Waals surface area contributed by atoms with Gasteiger partial charge in [0.25, 0.3) is 5.91 Å². The second-order valence-electron chi connectivity index (χ2n) is 15.8. The van der Waals surface area contributed by atoms with Crippen molar-refractivity contribution in [3.8, 4) is 11.3 Å². The van der Waals surface area contributed by atoms with Gasteiger partial charge in [-0.3, -0.25) is 24.0 Å². The van der Waals surface area contributed by atoms with Crippen molar-refractivity contribution in [3.05, 3.63) is 82.5 Å². The third-order valence-electron chi connectivity index (χ3n) is 11.6. The summed E-state index contributed by atoms with van der Waals surface area (Å²) in [5, 5.41) is 7.27. The number of thiazole rings is 1. The van der Waals surface area contributed by atoms with Crippen molar-refractivity contribution >= 4 is 50.3 Å². The zero-order chi connectivity index (χ0) is 41.7. The number of aromatic nitrogens is 1. The molecule has 0 radical (unpaired) electrons. The predicted molar refractivity (Wildman–Crippen MR) is 207 cm³/mol. The fourth-order valence-corrected chi connectivity index (χ4v) is 10.2. The summed E-state index contributed by atoms with van der Waals surface area (Å²) >= 11 is 1.15. The Morgan fingerprint density at radius 2 is 1.80 bits per heavy atom. The Balaban J connectivity index is 1.05. The van der Waals surface area contributed by atoms with E-state index in [1.165, 1.54) is 28.0 Å². The summed E-state index contributed by atoms with van der Waals surface area (Å²) in [5.74, 6) is -3.05. The van der Waals surface area contributed by atoms with Crippen molar-refractivity contribution < 1.29 is 49.9 Å². The van der Waals surface area contributed by atoms with Crippen LogP contribution in [0.5, 0.6) is 0 Å². The third kappa shape index (κ3) is 8.67. The summed E-state index contributed by atoms with van der Waals surface area (Å²) in [4.78, 5) is 63.4. The molecule has 4 amide bonds. The highest BCUT2D eigenvalue weighted by molar-refractivity contribution is 7.91. The molecule has 4 heterocycles. The molecular weight excluding hydrogens is 817 g/mol. The van der Waals surface area contributed by atoms with Crippen LogP contribution in [-0.4, -0.2) is 82.5 Å².